The number of allylic oxidation sites excluding steroid dienone is 1. The van der Waals surface area contributed by atoms with E-state index in [1.165, 1.54) is 0 Å². The van der Waals surface area contributed by atoms with Crippen molar-refractivity contribution in [3.8, 4) is 6.07 Å². The molecule has 0 fully saturated rings. The van der Waals surface area contributed by atoms with E-state index in [2.05, 4.69) is 6.07 Å². The zero-order valence-electron chi connectivity index (χ0n) is 6.37. The highest BCUT2D eigenvalue weighted by Gasteiger charge is 1.92. The van der Waals surface area contributed by atoms with Crippen LogP contribution in [-0.4, -0.2) is 0 Å². The maximum Gasteiger partial charge on any atom is 0.0947 e. The van der Waals surface area contributed by atoms with E-state index in [9.17, 15) is 0 Å². The molecule has 1 aromatic rings. The van der Waals surface area contributed by atoms with Gasteiger partial charge in [-0.05, 0) is 23.9 Å². The Morgan fingerprint density at radius 2 is 2.64 bits per heavy atom. The first-order chi connectivity index (χ1) is 5.36. The van der Waals surface area contributed by atoms with Crippen LogP contribution in [0.4, 0.5) is 0 Å². The molecule has 0 aliphatic rings. The second-order valence-electron chi connectivity index (χ2n) is 2.15. The van der Waals surface area contributed by atoms with Gasteiger partial charge in [0.1, 0.15) is 0 Å². The summed E-state index contributed by atoms with van der Waals surface area (Å²) in [6, 6.07) is 6.16. The van der Waals surface area contributed by atoms with Crippen LogP contribution in [0, 0.1) is 11.3 Å². The van der Waals surface area contributed by atoms with Crippen molar-refractivity contribution in [3.63, 3.8) is 0 Å². The zero-order chi connectivity index (χ0) is 8.10. The minimum atomic E-state index is 0.814. The first kappa shape index (κ1) is 8.03. The predicted octanol–water partition coefficient (Wildman–Crippen LogP) is 3.07. The number of thiophene rings is 1. The van der Waals surface area contributed by atoms with Gasteiger partial charge in [-0.25, -0.2) is 0 Å². The molecule has 0 saturated carbocycles. The Bertz CT molecular complexity index is 277. The van der Waals surface area contributed by atoms with E-state index >= 15 is 0 Å². The quantitative estimate of drug-likeness (QED) is 0.615. The van der Waals surface area contributed by atoms with Gasteiger partial charge < -0.3 is 0 Å². The normalized spacial score (nSPS) is 11.1. The molecule has 0 saturated heterocycles. The largest absolute Gasteiger partial charge is 0.193 e. The summed E-state index contributed by atoms with van der Waals surface area (Å²) in [6.45, 7) is 1.99. The molecule has 0 radical (unpaired) electrons. The van der Waals surface area contributed by atoms with Gasteiger partial charge in [0.25, 0.3) is 0 Å². The Morgan fingerprint density at radius 3 is 3.09 bits per heavy atom. The zero-order valence-corrected chi connectivity index (χ0v) is 7.19. The van der Waals surface area contributed by atoms with E-state index in [-0.39, 0.29) is 0 Å². The van der Waals surface area contributed by atoms with E-state index in [4.69, 9.17) is 5.26 Å². The van der Waals surface area contributed by atoms with Crippen LogP contribution < -0.4 is 0 Å². The van der Waals surface area contributed by atoms with Crippen LogP contribution in [-0.2, 0) is 0 Å². The van der Waals surface area contributed by atoms with Gasteiger partial charge in [-0.2, -0.15) is 5.26 Å². The lowest BCUT2D eigenvalue weighted by Gasteiger charge is -1.87. The summed E-state index contributed by atoms with van der Waals surface area (Å²) in [5, 5.41) is 10.6. The molecule has 1 nitrogen and oxygen atoms in total. The lowest BCUT2D eigenvalue weighted by atomic mass is 10.2. The summed E-state index contributed by atoms with van der Waals surface area (Å²) in [5.41, 5.74) is 0.840. The molecule has 1 heterocycles. The van der Waals surface area contributed by atoms with Crippen molar-refractivity contribution >= 4 is 17.4 Å². The Morgan fingerprint density at radius 1 is 1.82 bits per heavy atom. The fourth-order valence-corrected chi connectivity index (χ4v) is 1.44. The topological polar surface area (TPSA) is 23.8 Å². The minimum absolute atomic E-state index is 0.814. The van der Waals surface area contributed by atoms with E-state index in [0.717, 1.165) is 16.9 Å². The molecule has 0 unspecified atom stereocenters. The van der Waals surface area contributed by atoms with Gasteiger partial charge in [-0.15, -0.1) is 11.3 Å². The van der Waals surface area contributed by atoms with Gasteiger partial charge in [0.2, 0.25) is 0 Å². The molecule has 0 atom stereocenters. The van der Waals surface area contributed by atoms with Crippen LogP contribution in [0.5, 0.6) is 0 Å². The molecule has 2 heteroatoms. The van der Waals surface area contributed by atoms with Crippen LogP contribution >= 0.6 is 11.3 Å². The number of hydrogen-bond acceptors (Lipinski definition) is 2. The molecule has 1 rings (SSSR count). The molecular formula is C9H9NS. The molecule has 0 aromatic carbocycles. The summed E-state index contributed by atoms with van der Waals surface area (Å²) >= 11 is 1.65. The van der Waals surface area contributed by atoms with Crippen LogP contribution in [0.25, 0.3) is 6.08 Å². The van der Waals surface area contributed by atoms with E-state index < -0.39 is 0 Å². The molecule has 1 aromatic heterocycles. The predicted molar refractivity (Wildman–Crippen MR) is 48.2 cm³/mol. The average molecular weight is 163 g/mol. The maximum atomic E-state index is 8.61. The Kier molecular flexibility index (Phi) is 2.88. The highest BCUT2D eigenvalue weighted by atomic mass is 32.1. The van der Waals surface area contributed by atoms with E-state index in [0.29, 0.717) is 0 Å². The summed E-state index contributed by atoms with van der Waals surface area (Å²) < 4.78 is 0. The second kappa shape index (κ2) is 3.95. The van der Waals surface area contributed by atoms with Crippen molar-refractivity contribution in [3.05, 3.63) is 28.0 Å². The van der Waals surface area contributed by atoms with Gasteiger partial charge in [0.05, 0.1) is 6.07 Å². The molecule has 0 spiro atoms. The molecule has 56 valence electrons. The molecule has 0 bridgehead atoms. The van der Waals surface area contributed by atoms with E-state index in [1.807, 2.05) is 30.5 Å². The van der Waals surface area contributed by atoms with Gasteiger partial charge in [-0.3, -0.25) is 0 Å². The highest BCUT2D eigenvalue weighted by molar-refractivity contribution is 7.10. The summed E-state index contributed by atoms with van der Waals surface area (Å²) in [5.74, 6) is 0. The minimum Gasteiger partial charge on any atom is -0.193 e. The van der Waals surface area contributed by atoms with E-state index in [1.54, 1.807) is 11.3 Å². The highest BCUT2D eigenvalue weighted by Crippen LogP contribution is 2.14. The Labute approximate surface area is 70.6 Å². The van der Waals surface area contributed by atoms with Crippen molar-refractivity contribution in [2.75, 3.05) is 0 Å². The second-order valence-corrected chi connectivity index (χ2v) is 3.13. The number of nitrogens with zero attached hydrogens (tertiary/aromatic N) is 1. The molecule has 11 heavy (non-hydrogen) atoms. The van der Waals surface area contributed by atoms with Crippen LogP contribution in [0.1, 0.15) is 18.2 Å². The lowest BCUT2D eigenvalue weighted by molar-refractivity contribution is 1.16. The van der Waals surface area contributed by atoms with Crippen LogP contribution in [0.2, 0.25) is 0 Å². The summed E-state index contributed by atoms with van der Waals surface area (Å²) in [6.07, 6.45) is 2.75. The fraction of sp³-hybridized carbons (Fsp3) is 0.222. The van der Waals surface area contributed by atoms with Crippen molar-refractivity contribution < 1.29 is 0 Å². The van der Waals surface area contributed by atoms with Gasteiger partial charge >= 0.3 is 0 Å². The average Bonchev–Trinajstić information content (AvgIpc) is 2.52. The number of rotatable bonds is 2. The van der Waals surface area contributed by atoms with Gasteiger partial charge in [-0.1, -0.05) is 13.0 Å². The van der Waals surface area contributed by atoms with Crippen molar-refractivity contribution in [2.24, 2.45) is 0 Å². The monoisotopic (exact) mass is 163 g/mol. The SMILES string of the molecule is CC/C(C#N)=C\c1cccs1. The number of nitriles is 1. The summed E-state index contributed by atoms with van der Waals surface area (Å²) in [7, 11) is 0. The lowest BCUT2D eigenvalue weighted by Crippen LogP contribution is -1.72. The fourth-order valence-electron chi connectivity index (χ4n) is 0.759. The molecule has 0 aliphatic heterocycles. The standard InChI is InChI=1S/C9H9NS/c1-2-8(7-10)6-9-4-3-5-11-9/h3-6H,2H2,1H3/b8-6+. The smallest absolute Gasteiger partial charge is 0.0947 e. The molecule has 0 aliphatic carbocycles. The Hall–Kier alpha value is -1.07. The third-order valence-electron chi connectivity index (χ3n) is 1.38. The number of hydrogen-bond donors (Lipinski definition) is 0. The van der Waals surface area contributed by atoms with Crippen LogP contribution in [0.15, 0.2) is 23.1 Å². The Balaban J connectivity index is 2.81. The molecule has 0 N–H and O–H groups in total. The van der Waals surface area contributed by atoms with Gasteiger partial charge in [0.15, 0.2) is 0 Å². The maximum absolute atomic E-state index is 8.61. The van der Waals surface area contributed by atoms with Crippen molar-refractivity contribution in [1.29, 1.82) is 5.26 Å². The first-order valence-electron chi connectivity index (χ1n) is 3.51. The molecule has 0 amide bonds. The third-order valence-corrected chi connectivity index (χ3v) is 2.20. The summed E-state index contributed by atoms with van der Waals surface area (Å²) in [4.78, 5) is 1.16. The third kappa shape index (κ3) is 2.21. The first-order valence-corrected chi connectivity index (χ1v) is 4.39. The van der Waals surface area contributed by atoms with Crippen molar-refractivity contribution in [2.45, 2.75) is 13.3 Å². The molecular weight excluding hydrogens is 154 g/mol. The van der Waals surface area contributed by atoms with Gasteiger partial charge in [0, 0.05) is 10.5 Å². The van der Waals surface area contributed by atoms with Crippen molar-refractivity contribution in [1.82, 2.24) is 0 Å². The van der Waals surface area contributed by atoms with Crippen LogP contribution in [0.3, 0.4) is 0 Å².